The Labute approximate surface area is 113 Å². The summed E-state index contributed by atoms with van der Waals surface area (Å²) in [6.07, 6.45) is 2.13. The highest BCUT2D eigenvalue weighted by Gasteiger charge is 2.22. The third kappa shape index (κ3) is 4.38. The lowest BCUT2D eigenvalue weighted by molar-refractivity contribution is -0.144. The van der Waals surface area contributed by atoms with Gasteiger partial charge < -0.3 is 4.74 Å². The van der Waals surface area contributed by atoms with Crippen molar-refractivity contribution in [3.8, 4) is 0 Å². The van der Waals surface area contributed by atoms with Crippen molar-refractivity contribution in [2.45, 2.75) is 46.2 Å². The third-order valence-corrected chi connectivity index (χ3v) is 3.65. The fourth-order valence-corrected chi connectivity index (χ4v) is 2.59. The van der Waals surface area contributed by atoms with Gasteiger partial charge in [0.15, 0.2) is 0 Å². The van der Waals surface area contributed by atoms with E-state index >= 15 is 0 Å². The first-order chi connectivity index (χ1) is 8.58. The predicted molar refractivity (Wildman–Crippen MR) is 73.6 cm³/mol. The van der Waals surface area contributed by atoms with Gasteiger partial charge in [0.25, 0.3) is 0 Å². The number of nitrogens with zero attached hydrogens (tertiary/aromatic N) is 1. The van der Waals surface area contributed by atoms with Gasteiger partial charge in [-0.05, 0) is 18.8 Å². The van der Waals surface area contributed by atoms with Gasteiger partial charge in [0.05, 0.1) is 17.8 Å². The predicted octanol–water partition coefficient (Wildman–Crippen LogP) is 2.38. The lowest BCUT2D eigenvalue weighted by Gasteiger charge is -2.19. The second-order valence-corrected chi connectivity index (χ2v) is 5.55. The van der Waals surface area contributed by atoms with E-state index in [0.717, 1.165) is 23.5 Å². The Hall–Kier alpha value is -0.940. The zero-order valence-corrected chi connectivity index (χ0v) is 12.3. The van der Waals surface area contributed by atoms with E-state index in [1.165, 1.54) is 7.11 Å². The smallest absolute Gasteiger partial charge is 0.323 e. The molecule has 0 bridgehead atoms. The van der Waals surface area contributed by atoms with Crippen LogP contribution in [0.15, 0.2) is 5.38 Å². The second kappa shape index (κ2) is 7.48. The van der Waals surface area contributed by atoms with Crippen LogP contribution in [0.25, 0.3) is 0 Å². The van der Waals surface area contributed by atoms with E-state index < -0.39 is 0 Å². The molecule has 0 aliphatic rings. The Morgan fingerprint density at radius 3 is 2.83 bits per heavy atom. The van der Waals surface area contributed by atoms with Crippen LogP contribution < -0.4 is 5.32 Å². The van der Waals surface area contributed by atoms with Crippen molar-refractivity contribution >= 4 is 17.3 Å². The number of methoxy groups -OCH3 is 1. The number of nitrogens with one attached hydrogen (secondary N) is 1. The van der Waals surface area contributed by atoms with Crippen LogP contribution in [0.1, 0.15) is 37.9 Å². The number of hydrogen-bond donors (Lipinski definition) is 1. The van der Waals surface area contributed by atoms with E-state index in [9.17, 15) is 4.79 Å². The molecule has 1 heterocycles. The third-order valence-electron chi connectivity index (χ3n) is 2.69. The zero-order chi connectivity index (χ0) is 13.5. The molecule has 1 aromatic rings. The first-order valence-corrected chi connectivity index (χ1v) is 7.21. The molecular weight excluding hydrogens is 248 g/mol. The topological polar surface area (TPSA) is 51.2 Å². The summed E-state index contributed by atoms with van der Waals surface area (Å²) in [5.74, 6) is -0.0137. The Bertz CT molecular complexity index is 377. The summed E-state index contributed by atoms with van der Waals surface area (Å²) in [7, 11) is 1.42. The first-order valence-electron chi connectivity index (χ1n) is 6.33. The summed E-state index contributed by atoms with van der Waals surface area (Å²) in [5, 5.41) is 6.42. The van der Waals surface area contributed by atoms with Gasteiger partial charge in [0.1, 0.15) is 6.04 Å². The molecule has 4 nitrogen and oxygen atoms in total. The van der Waals surface area contributed by atoms with Crippen LogP contribution in [0.4, 0.5) is 0 Å². The molecule has 0 fully saturated rings. The van der Waals surface area contributed by atoms with Crippen LogP contribution in [0.3, 0.4) is 0 Å². The maximum absolute atomic E-state index is 11.6. The maximum atomic E-state index is 11.6. The summed E-state index contributed by atoms with van der Waals surface area (Å²) >= 11 is 1.68. The Morgan fingerprint density at radius 2 is 2.28 bits per heavy atom. The molecule has 1 unspecified atom stereocenters. The summed E-state index contributed by atoms with van der Waals surface area (Å²) in [4.78, 5) is 16.1. The number of carbonyl (C=O) groups is 1. The van der Waals surface area contributed by atoms with Gasteiger partial charge in [-0.3, -0.25) is 10.1 Å². The zero-order valence-electron chi connectivity index (χ0n) is 11.5. The molecule has 1 aromatic heterocycles. The molecule has 0 amide bonds. The fourth-order valence-electron chi connectivity index (χ4n) is 1.69. The van der Waals surface area contributed by atoms with Gasteiger partial charge in [-0.2, -0.15) is 0 Å². The second-order valence-electron chi connectivity index (χ2n) is 4.61. The molecular formula is C13H22N2O2S. The van der Waals surface area contributed by atoms with E-state index in [1.807, 2.05) is 19.2 Å². The van der Waals surface area contributed by atoms with Gasteiger partial charge in [-0.1, -0.05) is 20.8 Å². The summed E-state index contributed by atoms with van der Waals surface area (Å²) in [6, 6.07) is -0.272. The number of carbonyl (C=O) groups excluding carboxylic acids is 1. The molecule has 0 spiro atoms. The number of rotatable bonds is 7. The van der Waals surface area contributed by atoms with Gasteiger partial charge in [0.2, 0.25) is 0 Å². The number of aryl methyl sites for hydroxylation is 1. The molecule has 102 valence electrons. The molecule has 0 aliphatic heterocycles. The largest absolute Gasteiger partial charge is 0.468 e. The number of hydrogen-bond acceptors (Lipinski definition) is 5. The SMILES string of the molecule is CCCc1nc(CNC(C(=O)OC)C(C)C)cs1. The van der Waals surface area contributed by atoms with Crippen LogP contribution in [-0.4, -0.2) is 24.1 Å². The van der Waals surface area contributed by atoms with E-state index in [-0.39, 0.29) is 17.9 Å². The number of aromatic nitrogens is 1. The van der Waals surface area contributed by atoms with Crippen molar-refractivity contribution in [2.75, 3.05) is 7.11 Å². The molecule has 1 N–H and O–H groups in total. The van der Waals surface area contributed by atoms with E-state index in [1.54, 1.807) is 11.3 Å². The summed E-state index contributed by atoms with van der Waals surface area (Å²) in [6.45, 7) is 6.75. The van der Waals surface area contributed by atoms with Crippen LogP contribution >= 0.6 is 11.3 Å². The molecule has 0 aromatic carbocycles. The van der Waals surface area contributed by atoms with Crippen molar-refractivity contribution in [2.24, 2.45) is 5.92 Å². The van der Waals surface area contributed by atoms with E-state index in [2.05, 4.69) is 17.2 Å². The first kappa shape index (κ1) is 15.1. The van der Waals surface area contributed by atoms with Crippen molar-refractivity contribution < 1.29 is 9.53 Å². The van der Waals surface area contributed by atoms with Crippen molar-refractivity contribution in [3.63, 3.8) is 0 Å². The average Bonchev–Trinajstić information content (AvgIpc) is 2.77. The van der Waals surface area contributed by atoms with Gasteiger partial charge in [-0.25, -0.2) is 4.98 Å². The Morgan fingerprint density at radius 1 is 1.56 bits per heavy atom. The lowest BCUT2D eigenvalue weighted by atomic mass is 10.0. The van der Waals surface area contributed by atoms with Crippen LogP contribution in [-0.2, 0) is 22.5 Å². The summed E-state index contributed by atoms with van der Waals surface area (Å²) in [5.41, 5.74) is 0.998. The van der Waals surface area contributed by atoms with Crippen molar-refractivity contribution in [3.05, 3.63) is 16.1 Å². The van der Waals surface area contributed by atoms with Gasteiger partial charge >= 0.3 is 5.97 Å². The number of thiazole rings is 1. The molecule has 0 aliphatic carbocycles. The molecule has 0 saturated carbocycles. The Balaban J connectivity index is 2.53. The minimum absolute atomic E-state index is 0.200. The van der Waals surface area contributed by atoms with Crippen LogP contribution in [0.5, 0.6) is 0 Å². The van der Waals surface area contributed by atoms with Crippen LogP contribution in [0, 0.1) is 5.92 Å². The standard InChI is InChI=1S/C13H22N2O2S/c1-5-6-11-15-10(8-18-11)7-14-12(9(2)3)13(16)17-4/h8-9,12,14H,5-7H2,1-4H3. The van der Waals surface area contributed by atoms with Gasteiger partial charge in [0, 0.05) is 11.9 Å². The fraction of sp³-hybridized carbons (Fsp3) is 0.692. The molecule has 0 saturated heterocycles. The molecule has 1 rings (SSSR count). The highest BCUT2D eigenvalue weighted by Crippen LogP contribution is 2.12. The molecule has 5 heteroatoms. The van der Waals surface area contributed by atoms with E-state index in [0.29, 0.717) is 6.54 Å². The monoisotopic (exact) mass is 270 g/mol. The van der Waals surface area contributed by atoms with Crippen molar-refractivity contribution in [1.82, 2.24) is 10.3 Å². The van der Waals surface area contributed by atoms with Crippen LogP contribution in [0.2, 0.25) is 0 Å². The number of ether oxygens (including phenoxy) is 1. The molecule has 18 heavy (non-hydrogen) atoms. The molecule has 1 atom stereocenters. The highest BCUT2D eigenvalue weighted by atomic mass is 32.1. The maximum Gasteiger partial charge on any atom is 0.323 e. The minimum atomic E-state index is -0.272. The normalized spacial score (nSPS) is 12.7. The van der Waals surface area contributed by atoms with E-state index in [4.69, 9.17) is 4.74 Å². The quantitative estimate of drug-likeness (QED) is 0.773. The Kier molecular flexibility index (Phi) is 6.29. The minimum Gasteiger partial charge on any atom is -0.468 e. The molecule has 0 radical (unpaired) electrons. The van der Waals surface area contributed by atoms with Gasteiger partial charge in [-0.15, -0.1) is 11.3 Å². The van der Waals surface area contributed by atoms with Crippen molar-refractivity contribution in [1.29, 1.82) is 0 Å². The average molecular weight is 270 g/mol. The highest BCUT2D eigenvalue weighted by molar-refractivity contribution is 7.09. The number of esters is 1. The lowest BCUT2D eigenvalue weighted by Crippen LogP contribution is -2.41. The summed E-state index contributed by atoms with van der Waals surface area (Å²) < 4.78 is 4.79.